The molecule has 8 heteroatoms. The lowest BCUT2D eigenvalue weighted by Crippen LogP contribution is -2.30. The van der Waals surface area contributed by atoms with Gasteiger partial charge in [0.2, 0.25) is 5.95 Å². The summed E-state index contributed by atoms with van der Waals surface area (Å²) >= 11 is 0. The van der Waals surface area contributed by atoms with Crippen LogP contribution in [0.1, 0.15) is 46.5 Å². The van der Waals surface area contributed by atoms with Gasteiger partial charge in [-0.25, -0.2) is 14.5 Å². The molecule has 0 aliphatic heterocycles. The Balaban J connectivity index is 1.41. The molecule has 7 nitrogen and oxygen atoms in total. The molecule has 196 valence electrons. The number of halogens is 1. The zero-order valence-electron chi connectivity index (χ0n) is 21.7. The van der Waals surface area contributed by atoms with Crippen molar-refractivity contribution in [2.75, 3.05) is 13.2 Å². The maximum atomic E-state index is 13.4. The number of rotatable bonds is 8. The number of carbonyl (C=O) groups excluding carboxylic acids is 1. The molecule has 1 saturated carbocycles. The van der Waals surface area contributed by atoms with Crippen molar-refractivity contribution in [2.24, 2.45) is 11.8 Å². The highest BCUT2D eigenvalue weighted by Gasteiger charge is 2.24. The molecule has 0 unspecified atom stereocenters. The van der Waals surface area contributed by atoms with Crippen molar-refractivity contribution in [2.45, 2.75) is 58.6 Å². The molecule has 1 aromatic carbocycles. The number of ether oxygens (including phenoxy) is 2. The Morgan fingerprint density at radius 2 is 1.73 bits per heavy atom. The second-order valence-electron chi connectivity index (χ2n) is 10.7. The Kier molecular flexibility index (Phi) is 8.48. The van der Waals surface area contributed by atoms with E-state index in [0.29, 0.717) is 41.8 Å². The third-order valence-electron chi connectivity index (χ3n) is 6.47. The highest BCUT2D eigenvalue weighted by Crippen LogP contribution is 2.31. The molecule has 3 aromatic rings. The summed E-state index contributed by atoms with van der Waals surface area (Å²) in [4.78, 5) is 28.6. The van der Waals surface area contributed by atoms with Gasteiger partial charge in [0.1, 0.15) is 12.2 Å². The summed E-state index contributed by atoms with van der Waals surface area (Å²) in [6.07, 6.45) is 5.28. The molecule has 0 radical (unpaired) electrons. The van der Waals surface area contributed by atoms with Gasteiger partial charge in [0.25, 0.3) is 5.56 Å². The minimum Gasteiger partial charge on any atom is -0.458 e. The van der Waals surface area contributed by atoms with E-state index < -0.39 is 11.5 Å². The standard InChI is InChI=1S/C29H34FN3O4/c1-29(2,3)37-27(35)19-36-18-21-11-9-20(10-12-21)17-33-26(34)15-24(23-13-14-25(30)31-16-23)28(32-33)22-7-5-4-6-8-22/h4-8,13-16,20-21H,9-12,17-19H2,1-3H3. The van der Waals surface area contributed by atoms with E-state index in [1.165, 1.54) is 12.3 Å². The second-order valence-corrected chi connectivity index (χ2v) is 10.7. The average Bonchev–Trinajstić information content (AvgIpc) is 2.86. The van der Waals surface area contributed by atoms with E-state index >= 15 is 0 Å². The van der Waals surface area contributed by atoms with E-state index in [1.54, 1.807) is 16.8 Å². The summed E-state index contributed by atoms with van der Waals surface area (Å²) in [7, 11) is 0. The minimum absolute atomic E-state index is 0.0330. The van der Waals surface area contributed by atoms with E-state index in [4.69, 9.17) is 14.6 Å². The van der Waals surface area contributed by atoms with Crippen LogP contribution in [0.3, 0.4) is 0 Å². The van der Waals surface area contributed by atoms with Crippen LogP contribution in [0.4, 0.5) is 4.39 Å². The Morgan fingerprint density at radius 1 is 1.03 bits per heavy atom. The third-order valence-corrected chi connectivity index (χ3v) is 6.47. The Bertz CT molecular complexity index is 1240. The number of pyridine rings is 1. The summed E-state index contributed by atoms with van der Waals surface area (Å²) < 4.78 is 25.8. The van der Waals surface area contributed by atoms with Crippen molar-refractivity contribution in [3.8, 4) is 22.4 Å². The molecule has 2 aromatic heterocycles. The van der Waals surface area contributed by atoms with Crippen LogP contribution >= 0.6 is 0 Å². The lowest BCUT2D eigenvalue weighted by atomic mass is 9.82. The fourth-order valence-electron chi connectivity index (χ4n) is 4.69. The monoisotopic (exact) mass is 507 g/mol. The lowest BCUT2D eigenvalue weighted by Gasteiger charge is -2.28. The van der Waals surface area contributed by atoms with Gasteiger partial charge in [-0.05, 0) is 70.4 Å². The van der Waals surface area contributed by atoms with Crippen molar-refractivity contribution in [1.29, 1.82) is 0 Å². The highest BCUT2D eigenvalue weighted by atomic mass is 19.1. The average molecular weight is 508 g/mol. The summed E-state index contributed by atoms with van der Waals surface area (Å²) in [6, 6.07) is 14.1. The van der Waals surface area contributed by atoms with Gasteiger partial charge < -0.3 is 9.47 Å². The predicted molar refractivity (Wildman–Crippen MR) is 139 cm³/mol. The Morgan fingerprint density at radius 3 is 2.38 bits per heavy atom. The second kappa shape index (κ2) is 11.8. The molecular weight excluding hydrogens is 473 g/mol. The zero-order chi connectivity index (χ0) is 26.4. The number of aromatic nitrogens is 3. The van der Waals surface area contributed by atoms with Gasteiger partial charge in [-0.2, -0.15) is 9.49 Å². The minimum atomic E-state index is -0.572. The Labute approximate surface area is 216 Å². The number of esters is 1. The third kappa shape index (κ3) is 7.55. The van der Waals surface area contributed by atoms with Gasteiger partial charge in [-0.3, -0.25) is 4.79 Å². The van der Waals surface area contributed by atoms with Crippen molar-refractivity contribution in [1.82, 2.24) is 14.8 Å². The van der Waals surface area contributed by atoms with Crippen molar-refractivity contribution in [3.63, 3.8) is 0 Å². The molecule has 2 heterocycles. The maximum absolute atomic E-state index is 13.4. The van der Waals surface area contributed by atoms with Crippen LogP contribution in [-0.2, 0) is 20.8 Å². The number of carbonyl (C=O) groups is 1. The largest absolute Gasteiger partial charge is 0.458 e. The van der Waals surface area contributed by atoms with E-state index in [1.807, 2.05) is 51.1 Å². The molecule has 1 aliphatic carbocycles. The SMILES string of the molecule is CC(C)(C)OC(=O)COCC1CCC(Cn2nc(-c3ccccc3)c(-c3ccc(F)nc3)cc2=O)CC1. The number of benzene rings is 1. The van der Waals surface area contributed by atoms with Crippen LogP contribution in [0.2, 0.25) is 0 Å². The van der Waals surface area contributed by atoms with Gasteiger partial charge >= 0.3 is 5.97 Å². The number of hydrogen-bond acceptors (Lipinski definition) is 6. The van der Waals surface area contributed by atoms with Crippen LogP contribution in [0.25, 0.3) is 22.4 Å². The van der Waals surface area contributed by atoms with Gasteiger partial charge in [0.15, 0.2) is 0 Å². The molecule has 0 bridgehead atoms. The first-order chi connectivity index (χ1) is 17.7. The maximum Gasteiger partial charge on any atom is 0.332 e. The van der Waals surface area contributed by atoms with Crippen molar-refractivity contribution >= 4 is 5.97 Å². The fourth-order valence-corrected chi connectivity index (χ4v) is 4.69. The van der Waals surface area contributed by atoms with E-state index in [-0.39, 0.29) is 18.1 Å². The predicted octanol–water partition coefficient (Wildman–Crippen LogP) is 5.28. The van der Waals surface area contributed by atoms with Crippen LogP contribution in [0.15, 0.2) is 59.5 Å². The van der Waals surface area contributed by atoms with Gasteiger partial charge in [-0.1, -0.05) is 30.3 Å². The molecule has 0 atom stereocenters. The topological polar surface area (TPSA) is 83.3 Å². The highest BCUT2D eigenvalue weighted by molar-refractivity contribution is 5.79. The number of nitrogens with zero attached hydrogens (tertiary/aromatic N) is 3. The van der Waals surface area contributed by atoms with Crippen LogP contribution < -0.4 is 5.56 Å². The molecule has 0 saturated heterocycles. The lowest BCUT2D eigenvalue weighted by molar-refractivity contribution is -0.160. The molecule has 37 heavy (non-hydrogen) atoms. The molecule has 1 fully saturated rings. The van der Waals surface area contributed by atoms with E-state index in [0.717, 1.165) is 31.2 Å². The first-order valence-corrected chi connectivity index (χ1v) is 12.8. The summed E-state index contributed by atoms with van der Waals surface area (Å²) in [5.74, 6) is -0.205. The Hall–Kier alpha value is -3.39. The molecule has 0 spiro atoms. The summed E-state index contributed by atoms with van der Waals surface area (Å²) in [6.45, 7) is 6.54. The van der Waals surface area contributed by atoms with E-state index in [2.05, 4.69) is 4.98 Å². The van der Waals surface area contributed by atoms with Crippen LogP contribution in [0.5, 0.6) is 0 Å². The van der Waals surface area contributed by atoms with Crippen LogP contribution in [0, 0.1) is 17.8 Å². The smallest absolute Gasteiger partial charge is 0.332 e. The van der Waals surface area contributed by atoms with E-state index in [9.17, 15) is 14.0 Å². The summed E-state index contributed by atoms with van der Waals surface area (Å²) in [5.41, 5.74) is 2.11. The molecule has 4 rings (SSSR count). The fraction of sp³-hybridized carbons (Fsp3) is 0.448. The molecule has 1 aliphatic rings. The van der Waals surface area contributed by atoms with Crippen molar-refractivity contribution < 1.29 is 18.7 Å². The van der Waals surface area contributed by atoms with Crippen molar-refractivity contribution in [3.05, 3.63) is 71.0 Å². The first-order valence-electron chi connectivity index (χ1n) is 12.8. The normalized spacial score (nSPS) is 17.9. The quantitative estimate of drug-likeness (QED) is 0.305. The molecular formula is C29H34FN3O4. The molecule has 0 amide bonds. The zero-order valence-corrected chi connectivity index (χ0v) is 21.7. The first kappa shape index (κ1) is 26.7. The van der Waals surface area contributed by atoms with Gasteiger partial charge in [0.05, 0.1) is 12.3 Å². The van der Waals surface area contributed by atoms with Crippen LogP contribution in [-0.4, -0.2) is 39.5 Å². The molecule has 0 N–H and O–H groups in total. The summed E-state index contributed by atoms with van der Waals surface area (Å²) in [5, 5.41) is 4.76. The van der Waals surface area contributed by atoms with Gasteiger partial charge in [0, 0.05) is 35.5 Å². The number of hydrogen-bond donors (Lipinski definition) is 0. The van der Waals surface area contributed by atoms with Gasteiger partial charge in [-0.15, -0.1) is 0 Å².